The predicted molar refractivity (Wildman–Crippen MR) is 174 cm³/mol. The Morgan fingerprint density at radius 3 is 2.27 bits per heavy atom. The molecule has 0 fully saturated rings. The molecular formula is C34H35BrF2N2O6. The molecule has 0 spiro atoms. The maximum atomic E-state index is 14.1. The lowest BCUT2D eigenvalue weighted by Crippen LogP contribution is -2.35. The molecule has 0 unspecified atom stereocenters. The van der Waals surface area contributed by atoms with Crippen molar-refractivity contribution in [3.05, 3.63) is 93.8 Å². The average Bonchev–Trinajstić information content (AvgIpc) is 3.03. The van der Waals surface area contributed by atoms with E-state index in [9.17, 15) is 23.2 Å². The van der Waals surface area contributed by atoms with Gasteiger partial charge in [-0.2, -0.15) is 0 Å². The Morgan fingerprint density at radius 2 is 1.60 bits per heavy atom. The molecule has 0 bridgehead atoms. The Morgan fingerprint density at radius 1 is 0.889 bits per heavy atom. The van der Waals surface area contributed by atoms with Crippen LogP contribution in [0.25, 0.3) is 16.6 Å². The first-order chi connectivity index (χ1) is 21.7. The van der Waals surface area contributed by atoms with Crippen molar-refractivity contribution in [2.75, 3.05) is 37.6 Å². The summed E-state index contributed by atoms with van der Waals surface area (Å²) < 4.78 is 46.1. The molecule has 11 heteroatoms. The number of nitrogens with zero attached hydrogens (tertiary/aromatic N) is 2. The molecular weight excluding hydrogens is 650 g/mol. The number of anilines is 1. The van der Waals surface area contributed by atoms with Crippen LogP contribution < -0.4 is 19.8 Å². The van der Waals surface area contributed by atoms with Crippen molar-refractivity contribution in [2.24, 2.45) is 0 Å². The van der Waals surface area contributed by atoms with Crippen LogP contribution in [0.2, 0.25) is 0 Å². The number of fused-ring (bicyclic) bond motifs is 1. The Hall–Kier alpha value is -4.25. The summed E-state index contributed by atoms with van der Waals surface area (Å²) >= 11 is 3.44. The number of aromatic nitrogens is 1. The van der Waals surface area contributed by atoms with E-state index in [1.165, 1.54) is 26.5 Å². The Labute approximate surface area is 268 Å². The van der Waals surface area contributed by atoms with E-state index in [-0.39, 0.29) is 28.7 Å². The lowest BCUT2D eigenvalue weighted by molar-refractivity contribution is 0.0600. The number of unbranched alkanes of at least 4 members (excludes halogenated alkanes) is 4. The number of amides is 1. The third-order valence-corrected chi connectivity index (χ3v) is 7.86. The van der Waals surface area contributed by atoms with Crippen LogP contribution in [0, 0.1) is 11.6 Å². The van der Waals surface area contributed by atoms with Crippen LogP contribution in [-0.4, -0.2) is 49.1 Å². The molecule has 0 aliphatic carbocycles. The van der Waals surface area contributed by atoms with Gasteiger partial charge in [-0.1, -0.05) is 35.2 Å². The molecule has 0 N–H and O–H groups in total. The maximum absolute atomic E-state index is 14.1. The fourth-order valence-corrected chi connectivity index (χ4v) is 5.43. The van der Waals surface area contributed by atoms with Crippen molar-refractivity contribution in [3.63, 3.8) is 0 Å². The lowest BCUT2D eigenvalue weighted by atomic mass is 10.1. The maximum Gasteiger partial charge on any atom is 0.338 e. The number of pyridine rings is 1. The highest BCUT2D eigenvalue weighted by Crippen LogP contribution is 2.28. The molecule has 45 heavy (non-hydrogen) atoms. The Bertz CT molecular complexity index is 1720. The number of alkyl halides is 1. The first-order valence-corrected chi connectivity index (χ1v) is 15.8. The standard InChI is InChI=1S/C34H35BrF2N2O6/c1-4-38(26-17-23(36)16-24(37)18-26)33(41)30-21-39(25-14-22(34(42)44-3)15-28(19-25)43-2)31-20-27(10-11-29(31)32(30)40)45-13-9-7-5-6-8-12-35/h10-11,14-21H,4-9,12-13H2,1-3H3. The van der Waals surface area contributed by atoms with E-state index in [0.717, 1.165) is 54.5 Å². The molecule has 0 aliphatic heterocycles. The number of esters is 1. The number of hydrogen-bond acceptors (Lipinski definition) is 6. The van der Waals surface area contributed by atoms with Gasteiger partial charge in [0.05, 0.1) is 37.6 Å². The zero-order chi connectivity index (χ0) is 32.5. The molecule has 1 aromatic heterocycles. The third kappa shape index (κ3) is 8.08. The number of rotatable bonds is 14. The SMILES string of the molecule is CCN(C(=O)c1cn(-c2cc(OC)cc(C(=O)OC)c2)c2cc(OCCCCCCCBr)ccc2c1=O)c1cc(F)cc(F)c1. The van der Waals surface area contributed by atoms with Crippen LogP contribution in [0.4, 0.5) is 14.5 Å². The molecule has 1 heterocycles. The fourth-order valence-electron chi connectivity index (χ4n) is 5.04. The normalized spacial score (nSPS) is 11.0. The van der Waals surface area contributed by atoms with Gasteiger partial charge >= 0.3 is 5.97 Å². The predicted octanol–water partition coefficient (Wildman–Crippen LogP) is 7.46. The van der Waals surface area contributed by atoms with Gasteiger partial charge in [0.25, 0.3) is 5.91 Å². The molecule has 0 atom stereocenters. The number of halogens is 3. The number of methoxy groups -OCH3 is 2. The van der Waals surface area contributed by atoms with Gasteiger partial charge in [-0.25, -0.2) is 13.6 Å². The minimum Gasteiger partial charge on any atom is -0.497 e. The molecule has 0 radical (unpaired) electrons. The van der Waals surface area contributed by atoms with E-state index < -0.39 is 28.9 Å². The Balaban J connectivity index is 1.84. The summed E-state index contributed by atoms with van der Waals surface area (Å²) in [7, 11) is 2.70. The lowest BCUT2D eigenvalue weighted by Gasteiger charge is -2.22. The molecule has 1 amide bonds. The van der Waals surface area contributed by atoms with Crippen LogP contribution in [0.1, 0.15) is 59.7 Å². The molecule has 3 aromatic carbocycles. The Kier molecular flexibility index (Phi) is 11.7. The summed E-state index contributed by atoms with van der Waals surface area (Å²) in [5, 5.41) is 1.19. The van der Waals surface area contributed by atoms with Gasteiger partial charge in [0, 0.05) is 47.3 Å². The van der Waals surface area contributed by atoms with Crippen LogP contribution in [0.15, 0.2) is 65.6 Å². The summed E-state index contributed by atoms with van der Waals surface area (Å²) in [6, 6.07) is 12.4. The monoisotopic (exact) mass is 684 g/mol. The highest BCUT2D eigenvalue weighted by Gasteiger charge is 2.24. The van der Waals surface area contributed by atoms with Gasteiger partial charge in [-0.05, 0) is 56.2 Å². The first-order valence-electron chi connectivity index (χ1n) is 14.6. The smallest absolute Gasteiger partial charge is 0.338 e. The topological polar surface area (TPSA) is 87.1 Å². The van der Waals surface area contributed by atoms with E-state index in [0.29, 0.717) is 35.4 Å². The fraction of sp³-hybridized carbons (Fsp3) is 0.324. The van der Waals surface area contributed by atoms with E-state index >= 15 is 0 Å². The molecule has 4 aromatic rings. The molecule has 0 saturated heterocycles. The summed E-state index contributed by atoms with van der Waals surface area (Å²) in [6.45, 7) is 2.16. The molecule has 0 aliphatic rings. The van der Waals surface area contributed by atoms with Gasteiger partial charge in [0.2, 0.25) is 5.43 Å². The molecule has 0 saturated carbocycles. The van der Waals surface area contributed by atoms with Gasteiger partial charge in [0.1, 0.15) is 28.7 Å². The average molecular weight is 686 g/mol. The van der Waals surface area contributed by atoms with Gasteiger partial charge in [-0.3, -0.25) is 9.59 Å². The number of carbonyl (C=O) groups excluding carboxylic acids is 2. The van der Waals surface area contributed by atoms with Crippen LogP contribution in [0.5, 0.6) is 11.5 Å². The summed E-state index contributed by atoms with van der Waals surface area (Å²) in [5.74, 6) is -2.21. The molecule has 8 nitrogen and oxygen atoms in total. The van der Waals surface area contributed by atoms with Crippen LogP contribution in [-0.2, 0) is 4.74 Å². The summed E-state index contributed by atoms with van der Waals surface area (Å²) in [6.07, 6.45) is 6.64. The minimum atomic E-state index is -0.856. The highest BCUT2D eigenvalue weighted by molar-refractivity contribution is 9.09. The van der Waals surface area contributed by atoms with Crippen molar-refractivity contribution in [1.29, 1.82) is 0 Å². The van der Waals surface area contributed by atoms with E-state index in [4.69, 9.17) is 14.2 Å². The van der Waals surface area contributed by atoms with E-state index in [1.54, 1.807) is 41.8 Å². The van der Waals surface area contributed by atoms with E-state index in [2.05, 4.69) is 15.9 Å². The van der Waals surface area contributed by atoms with Crippen molar-refractivity contribution in [3.8, 4) is 17.2 Å². The quantitative estimate of drug-likeness (QED) is 0.0779. The third-order valence-electron chi connectivity index (χ3n) is 7.30. The zero-order valence-electron chi connectivity index (χ0n) is 25.4. The second-order valence-corrected chi connectivity index (χ2v) is 11.1. The summed E-state index contributed by atoms with van der Waals surface area (Å²) in [5.41, 5.74) is 0.151. The largest absolute Gasteiger partial charge is 0.497 e. The van der Waals surface area contributed by atoms with Crippen molar-refractivity contribution >= 4 is 44.4 Å². The number of benzene rings is 3. The zero-order valence-corrected chi connectivity index (χ0v) is 27.0. The van der Waals surface area contributed by atoms with Gasteiger partial charge in [-0.15, -0.1) is 0 Å². The van der Waals surface area contributed by atoms with Gasteiger partial charge < -0.3 is 23.7 Å². The number of ether oxygens (including phenoxy) is 3. The van der Waals surface area contributed by atoms with Crippen molar-refractivity contribution < 1.29 is 32.6 Å². The molecule has 238 valence electrons. The van der Waals surface area contributed by atoms with E-state index in [1.807, 2.05) is 0 Å². The number of hydrogen-bond donors (Lipinski definition) is 0. The second-order valence-electron chi connectivity index (χ2n) is 10.3. The molecule has 4 rings (SSSR count). The van der Waals surface area contributed by atoms with Crippen molar-refractivity contribution in [1.82, 2.24) is 4.57 Å². The summed E-state index contributed by atoms with van der Waals surface area (Å²) in [4.78, 5) is 41.3. The minimum absolute atomic E-state index is 0.0312. The highest BCUT2D eigenvalue weighted by atomic mass is 79.9. The van der Waals surface area contributed by atoms with Crippen molar-refractivity contribution in [2.45, 2.75) is 39.0 Å². The van der Waals surface area contributed by atoms with Gasteiger partial charge in [0.15, 0.2) is 0 Å². The first kappa shape index (κ1) is 33.6. The van der Waals surface area contributed by atoms with Crippen LogP contribution in [0.3, 0.4) is 0 Å². The second kappa shape index (κ2) is 15.7. The van der Waals surface area contributed by atoms with Crippen LogP contribution >= 0.6 is 15.9 Å². The number of carbonyl (C=O) groups is 2.